The summed E-state index contributed by atoms with van der Waals surface area (Å²) in [5.41, 5.74) is 0. The van der Waals surface area contributed by atoms with Crippen LogP contribution < -0.4 is 15.4 Å². The van der Waals surface area contributed by atoms with Gasteiger partial charge in [0.15, 0.2) is 11.5 Å². The average Bonchev–Trinajstić information content (AvgIpc) is 3.28. The number of furan rings is 1. The molecule has 0 spiro atoms. The van der Waals surface area contributed by atoms with E-state index in [2.05, 4.69) is 31.4 Å². The van der Waals surface area contributed by atoms with Crippen molar-refractivity contribution in [1.29, 1.82) is 0 Å². The largest absolute Gasteiger partial charge is 0.466 e. The second kappa shape index (κ2) is 12.0. The summed E-state index contributed by atoms with van der Waals surface area (Å²) in [6.07, 6.45) is 2.07. The van der Waals surface area contributed by atoms with Crippen LogP contribution in [-0.4, -0.2) is 68.1 Å². The van der Waals surface area contributed by atoms with Crippen molar-refractivity contribution in [2.24, 2.45) is 11.8 Å². The molecule has 2 rings (SSSR count). The summed E-state index contributed by atoms with van der Waals surface area (Å²) < 4.78 is 16.0. The summed E-state index contributed by atoms with van der Waals surface area (Å²) in [5.74, 6) is 0.990. The molecular formula is C23H37N3O6. The van der Waals surface area contributed by atoms with E-state index in [4.69, 9.17) is 13.9 Å². The minimum atomic E-state index is -0.834. The molecule has 1 aliphatic rings. The van der Waals surface area contributed by atoms with Crippen molar-refractivity contribution >= 4 is 17.8 Å². The normalized spacial score (nSPS) is 20.4. The van der Waals surface area contributed by atoms with E-state index in [1.807, 2.05) is 19.0 Å². The van der Waals surface area contributed by atoms with Gasteiger partial charge in [0.2, 0.25) is 5.91 Å². The van der Waals surface area contributed by atoms with Crippen LogP contribution in [0.1, 0.15) is 45.8 Å². The quantitative estimate of drug-likeness (QED) is 0.532. The Hall–Kier alpha value is -2.39. The highest BCUT2D eigenvalue weighted by Gasteiger charge is 2.38. The second-order valence-electron chi connectivity index (χ2n) is 9.12. The topological polar surface area (TPSA) is 110 Å². The summed E-state index contributed by atoms with van der Waals surface area (Å²) in [4.78, 5) is 39.9. The number of ketones is 1. The first-order valence-electron chi connectivity index (χ1n) is 11.2. The van der Waals surface area contributed by atoms with E-state index in [0.717, 1.165) is 13.0 Å². The minimum absolute atomic E-state index is 0.0205. The molecule has 0 saturated carbocycles. The van der Waals surface area contributed by atoms with Gasteiger partial charge in [0.1, 0.15) is 24.5 Å². The van der Waals surface area contributed by atoms with Gasteiger partial charge in [-0.15, -0.1) is 0 Å². The molecule has 0 bridgehead atoms. The SMILES string of the molecule is Cc1occc1OC(=O)N[C@@H](CCC(C)C(C)C)C(=O)NC1C(=O)COC1CCN(C)C. The first kappa shape index (κ1) is 25.9. The van der Waals surface area contributed by atoms with Gasteiger partial charge in [0.25, 0.3) is 0 Å². The van der Waals surface area contributed by atoms with Crippen molar-refractivity contribution in [3.05, 3.63) is 18.1 Å². The van der Waals surface area contributed by atoms with Crippen molar-refractivity contribution in [2.75, 3.05) is 27.2 Å². The summed E-state index contributed by atoms with van der Waals surface area (Å²) >= 11 is 0. The third kappa shape index (κ3) is 7.63. The van der Waals surface area contributed by atoms with Crippen LogP contribution in [0.25, 0.3) is 0 Å². The Morgan fingerprint density at radius 2 is 1.97 bits per heavy atom. The lowest BCUT2D eigenvalue weighted by molar-refractivity contribution is -0.127. The van der Waals surface area contributed by atoms with Gasteiger partial charge in [0, 0.05) is 12.6 Å². The van der Waals surface area contributed by atoms with Crippen molar-refractivity contribution in [3.8, 4) is 5.75 Å². The number of rotatable bonds is 11. The van der Waals surface area contributed by atoms with E-state index in [-0.39, 0.29) is 18.5 Å². The van der Waals surface area contributed by atoms with Crippen LogP contribution in [0.3, 0.4) is 0 Å². The fourth-order valence-corrected chi connectivity index (χ4v) is 3.43. The molecule has 2 N–H and O–H groups in total. The molecule has 32 heavy (non-hydrogen) atoms. The van der Waals surface area contributed by atoms with E-state index >= 15 is 0 Å². The lowest BCUT2D eigenvalue weighted by Gasteiger charge is -2.25. The van der Waals surface area contributed by atoms with Crippen LogP contribution in [0.4, 0.5) is 4.79 Å². The Morgan fingerprint density at radius 1 is 1.25 bits per heavy atom. The Morgan fingerprint density at radius 3 is 2.56 bits per heavy atom. The number of nitrogens with zero attached hydrogens (tertiary/aromatic N) is 1. The first-order valence-corrected chi connectivity index (χ1v) is 11.2. The number of hydrogen-bond acceptors (Lipinski definition) is 7. The van der Waals surface area contributed by atoms with Gasteiger partial charge < -0.3 is 29.4 Å². The van der Waals surface area contributed by atoms with Crippen LogP contribution in [0, 0.1) is 18.8 Å². The zero-order valence-electron chi connectivity index (χ0n) is 20.0. The third-order valence-electron chi connectivity index (χ3n) is 5.99. The molecule has 0 aromatic carbocycles. The lowest BCUT2D eigenvalue weighted by atomic mass is 9.91. The fourth-order valence-electron chi connectivity index (χ4n) is 3.43. The van der Waals surface area contributed by atoms with E-state index in [9.17, 15) is 14.4 Å². The van der Waals surface area contributed by atoms with Gasteiger partial charge in [-0.1, -0.05) is 20.8 Å². The average molecular weight is 452 g/mol. The molecule has 180 valence electrons. The molecule has 9 heteroatoms. The molecule has 2 heterocycles. The lowest BCUT2D eigenvalue weighted by Crippen LogP contribution is -2.54. The molecular weight excluding hydrogens is 414 g/mol. The molecule has 1 saturated heterocycles. The Kier molecular flexibility index (Phi) is 9.71. The number of carbonyl (C=O) groups is 3. The standard InChI is InChI=1S/C23H37N3O6/c1-14(2)15(3)7-8-17(24-23(29)32-19-10-12-30-16(19)4)22(28)25-21-18(27)13-31-20(21)9-11-26(5)6/h10,12,14-15,17,20-21H,7-9,11,13H2,1-6H3,(H,24,29)(H,25,28)/t15?,17-,20?,21?/m0/s1. The Bertz CT molecular complexity index is 776. The maximum absolute atomic E-state index is 13.1. The summed E-state index contributed by atoms with van der Waals surface area (Å²) in [6, 6.07) is -0.0189. The zero-order valence-corrected chi connectivity index (χ0v) is 20.0. The summed E-state index contributed by atoms with van der Waals surface area (Å²) in [6.45, 7) is 8.73. The fraction of sp³-hybridized carbons (Fsp3) is 0.696. The van der Waals surface area contributed by atoms with Crippen LogP contribution in [0.15, 0.2) is 16.7 Å². The van der Waals surface area contributed by atoms with Gasteiger partial charge in [0.05, 0.1) is 12.4 Å². The van der Waals surface area contributed by atoms with Crippen molar-refractivity contribution in [1.82, 2.24) is 15.5 Å². The minimum Gasteiger partial charge on any atom is -0.466 e. The summed E-state index contributed by atoms with van der Waals surface area (Å²) in [7, 11) is 3.88. The number of Topliss-reactive ketones (excluding diaryl/α,β-unsaturated/α-hetero) is 1. The molecule has 1 aromatic heterocycles. The maximum atomic E-state index is 13.1. The molecule has 0 radical (unpaired) electrons. The van der Waals surface area contributed by atoms with E-state index in [1.165, 1.54) is 12.3 Å². The highest BCUT2D eigenvalue weighted by molar-refractivity contribution is 5.94. The first-order chi connectivity index (χ1) is 15.1. The molecule has 9 nitrogen and oxygen atoms in total. The van der Waals surface area contributed by atoms with Gasteiger partial charge in [-0.25, -0.2) is 4.79 Å². The smallest absolute Gasteiger partial charge is 0.413 e. The predicted octanol–water partition coefficient (Wildman–Crippen LogP) is 2.52. The maximum Gasteiger partial charge on any atom is 0.413 e. The molecule has 2 amide bonds. The number of nitrogens with one attached hydrogen (secondary N) is 2. The van der Waals surface area contributed by atoms with Crippen molar-refractivity contribution < 1.29 is 28.3 Å². The Balaban J connectivity index is 2.05. The highest BCUT2D eigenvalue weighted by Crippen LogP contribution is 2.20. The van der Waals surface area contributed by atoms with Crippen LogP contribution >= 0.6 is 0 Å². The van der Waals surface area contributed by atoms with E-state index < -0.39 is 24.1 Å². The summed E-state index contributed by atoms with van der Waals surface area (Å²) in [5, 5.41) is 5.47. The number of carbonyl (C=O) groups excluding carboxylic acids is 3. The molecule has 1 aromatic rings. The van der Waals surface area contributed by atoms with Gasteiger partial charge in [-0.05, 0) is 52.1 Å². The molecule has 1 aliphatic heterocycles. The molecule has 1 fully saturated rings. The number of hydrogen-bond donors (Lipinski definition) is 2. The molecule has 4 atom stereocenters. The van der Waals surface area contributed by atoms with Gasteiger partial charge >= 0.3 is 6.09 Å². The monoisotopic (exact) mass is 451 g/mol. The molecule has 3 unspecified atom stereocenters. The number of amides is 2. The zero-order chi connectivity index (χ0) is 23.8. The van der Waals surface area contributed by atoms with Crippen LogP contribution in [-0.2, 0) is 14.3 Å². The van der Waals surface area contributed by atoms with E-state index in [1.54, 1.807) is 6.92 Å². The Labute approximate surface area is 190 Å². The van der Waals surface area contributed by atoms with Crippen LogP contribution in [0.5, 0.6) is 5.75 Å². The number of ether oxygens (including phenoxy) is 2. The second-order valence-corrected chi connectivity index (χ2v) is 9.12. The van der Waals surface area contributed by atoms with Crippen molar-refractivity contribution in [3.63, 3.8) is 0 Å². The highest BCUT2D eigenvalue weighted by atomic mass is 16.6. The number of aryl methyl sites for hydroxylation is 1. The van der Waals surface area contributed by atoms with Crippen LogP contribution in [0.2, 0.25) is 0 Å². The third-order valence-corrected chi connectivity index (χ3v) is 5.99. The molecule has 0 aliphatic carbocycles. The van der Waals surface area contributed by atoms with E-state index in [0.29, 0.717) is 36.2 Å². The van der Waals surface area contributed by atoms with Gasteiger partial charge in [-0.3, -0.25) is 9.59 Å². The predicted molar refractivity (Wildman–Crippen MR) is 119 cm³/mol. The van der Waals surface area contributed by atoms with Gasteiger partial charge in [-0.2, -0.15) is 0 Å². The van der Waals surface area contributed by atoms with Crippen molar-refractivity contribution in [2.45, 2.75) is 65.1 Å².